The number of nitrogen functional groups attached to an aromatic ring is 1. The van der Waals surface area contributed by atoms with Crippen molar-refractivity contribution in [2.45, 2.75) is 45.6 Å². The van der Waals surface area contributed by atoms with E-state index >= 15 is 0 Å². The second kappa shape index (κ2) is 6.83. The smallest absolute Gasteiger partial charge is 0.340 e. The molecule has 4 nitrogen and oxygen atoms in total. The van der Waals surface area contributed by atoms with Crippen LogP contribution in [0.5, 0.6) is 0 Å². The van der Waals surface area contributed by atoms with E-state index in [9.17, 15) is 4.79 Å². The van der Waals surface area contributed by atoms with E-state index in [4.69, 9.17) is 10.5 Å². The molecule has 1 aliphatic carbocycles. The summed E-state index contributed by atoms with van der Waals surface area (Å²) in [6, 6.07) is 5.96. The highest BCUT2D eigenvalue weighted by molar-refractivity contribution is 5.99. The van der Waals surface area contributed by atoms with Crippen molar-refractivity contribution in [1.29, 1.82) is 0 Å². The van der Waals surface area contributed by atoms with Gasteiger partial charge in [-0.1, -0.05) is 32.8 Å². The maximum atomic E-state index is 12.1. The van der Waals surface area contributed by atoms with Gasteiger partial charge >= 0.3 is 5.97 Å². The monoisotopic (exact) mass is 290 g/mol. The quantitative estimate of drug-likeness (QED) is 0.666. The zero-order valence-electron chi connectivity index (χ0n) is 13.3. The van der Waals surface area contributed by atoms with Gasteiger partial charge in [0.2, 0.25) is 0 Å². The van der Waals surface area contributed by atoms with Crippen LogP contribution in [-0.4, -0.2) is 25.7 Å². The van der Waals surface area contributed by atoms with Crippen LogP contribution in [0.1, 0.15) is 49.9 Å². The van der Waals surface area contributed by atoms with Crippen molar-refractivity contribution in [2.24, 2.45) is 5.92 Å². The van der Waals surface area contributed by atoms with Crippen LogP contribution in [-0.2, 0) is 4.74 Å². The molecule has 1 fully saturated rings. The van der Waals surface area contributed by atoms with Crippen LogP contribution in [0.3, 0.4) is 0 Å². The molecule has 0 amide bonds. The summed E-state index contributed by atoms with van der Waals surface area (Å²) < 4.78 is 4.93. The molecule has 116 valence electrons. The van der Waals surface area contributed by atoms with Crippen molar-refractivity contribution in [2.75, 3.05) is 24.3 Å². The van der Waals surface area contributed by atoms with E-state index in [-0.39, 0.29) is 5.97 Å². The fraction of sp³-hybridized carbons (Fsp3) is 0.588. The summed E-state index contributed by atoms with van der Waals surface area (Å²) in [5.41, 5.74) is 8.29. The lowest BCUT2D eigenvalue weighted by Crippen LogP contribution is -2.38. The summed E-state index contributed by atoms with van der Waals surface area (Å²) in [4.78, 5) is 14.4. The second-order valence-corrected chi connectivity index (χ2v) is 6.22. The molecule has 0 radical (unpaired) electrons. The second-order valence-electron chi connectivity index (χ2n) is 6.22. The minimum Gasteiger partial charge on any atom is -0.465 e. The molecule has 1 saturated carbocycles. The SMILES string of the molecule is COC(=O)c1cccc(N)c1N(CC(C)C)C1CCCC1. The number of carbonyl (C=O) groups is 1. The van der Waals surface area contributed by atoms with Gasteiger partial charge in [0.05, 0.1) is 24.0 Å². The number of para-hydroxylation sites is 1. The summed E-state index contributed by atoms with van der Waals surface area (Å²) in [6.45, 7) is 5.29. The molecule has 2 N–H and O–H groups in total. The van der Waals surface area contributed by atoms with Crippen molar-refractivity contribution in [1.82, 2.24) is 0 Å². The summed E-state index contributed by atoms with van der Waals surface area (Å²) in [7, 11) is 1.41. The van der Waals surface area contributed by atoms with Crippen molar-refractivity contribution >= 4 is 17.3 Å². The molecule has 1 aliphatic rings. The third-order valence-electron chi connectivity index (χ3n) is 4.09. The topological polar surface area (TPSA) is 55.6 Å². The molecule has 0 unspecified atom stereocenters. The first-order valence-electron chi connectivity index (χ1n) is 7.78. The van der Waals surface area contributed by atoms with Gasteiger partial charge in [0.1, 0.15) is 0 Å². The molecule has 0 saturated heterocycles. The van der Waals surface area contributed by atoms with Crippen LogP contribution in [0.2, 0.25) is 0 Å². The zero-order valence-corrected chi connectivity index (χ0v) is 13.3. The Balaban J connectivity index is 2.44. The third-order valence-corrected chi connectivity index (χ3v) is 4.09. The molecule has 21 heavy (non-hydrogen) atoms. The van der Waals surface area contributed by atoms with Crippen LogP contribution in [0.15, 0.2) is 18.2 Å². The Hall–Kier alpha value is -1.71. The van der Waals surface area contributed by atoms with Crippen molar-refractivity contribution < 1.29 is 9.53 Å². The highest BCUT2D eigenvalue weighted by Crippen LogP contribution is 2.35. The van der Waals surface area contributed by atoms with Crippen molar-refractivity contribution in [3.05, 3.63) is 23.8 Å². The van der Waals surface area contributed by atoms with Gasteiger partial charge in [0.15, 0.2) is 0 Å². The Morgan fingerprint density at radius 3 is 2.62 bits per heavy atom. The van der Waals surface area contributed by atoms with E-state index in [1.54, 1.807) is 6.07 Å². The number of anilines is 2. The minimum atomic E-state index is -0.316. The number of esters is 1. The van der Waals surface area contributed by atoms with Gasteiger partial charge in [-0.15, -0.1) is 0 Å². The van der Waals surface area contributed by atoms with Crippen LogP contribution in [0.4, 0.5) is 11.4 Å². The molecule has 0 aliphatic heterocycles. The third kappa shape index (κ3) is 3.49. The molecule has 4 heteroatoms. The highest BCUT2D eigenvalue weighted by Gasteiger charge is 2.28. The Bertz CT molecular complexity index is 494. The molecule has 0 aromatic heterocycles. The number of rotatable bonds is 5. The number of nitrogens with zero attached hydrogens (tertiary/aromatic N) is 1. The fourth-order valence-corrected chi connectivity index (χ4v) is 3.19. The number of nitrogens with two attached hydrogens (primary N) is 1. The lowest BCUT2D eigenvalue weighted by atomic mass is 10.0. The molecular formula is C17H26N2O2. The van der Waals surface area contributed by atoms with Gasteiger partial charge in [-0.2, -0.15) is 0 Å². The molecule has 2 rings (SSSR count). The lowest BCUT2D eigenvalue weighted by molar-refractivity contribution is 0.0601. The van der Waals surface area contributed by atoms with Gasteiger partial charge in [-0.25, -0.2) is 4.79 Å². The average Bonchev–Trinajstić information content (AvgIpc) is 2.98. The number of hydrogen-bond acceptors (Lipinski definition) is 4. The van der Waals surface area contributed by atoms with Gasteiger partial charge < -0.3 is 15.4 Å². The Labute approximate surface area is 127 Å². The Morgan fingerprint density at radius 2 is 2.05 bits per heavy atom. The van der Waals surface area contributed by atoms with Crippen molar-refractivity contribution in [3.63, 3.8) is 0 Å². The first-order valence-corrected chi connectivity index (χ1v) is 7.78. The number of hydrogen-bond donors (Lipinski definition) is 1. The first kappa shape index (κ1) is 15.7. The predicted octanol–water partition coefficient (Wildman–Crippen LogP) is 3.46. The van der Waals surface area contributed by atoms with Crippen LogP contribution >= 0.6 is 0 Å². The van der Waals surface area contributed by atoms with Crippen LogP contribution in [0.25, 0.3) is 0 Å². The first-order chi connectivity index (χ1) is 10.0. The zero-order chi connectivity index (χ0) is 15.4. The molecule has 0 spiro atoms. The van der Waals surface area contributed by atoms with E-state index in [1.807, 2.05) is 12.1 Å². The summed E-state index contributed by atoms with van der Waals surface area (Å²) in [6.07, 6.45) is 4.84. The molecule has 1 aromatic rings. The molecule has 0 heterocycles. The van der Waals surface area contributed by atoms with E-state index < -0.39 is 0 Å². The van der Waals surface area contributed by atoms with E-state index in [2.05, 4.69) is 18.7 Å². The summed E-state index contributed by atoms with van der Waals surface area (Å²) in [5.74, 6) is 0.194. The van der Waals surface area contributed by atoms with Crippen LogP contribution < -0.4 is 10.6 Å². The Kier molecular flexibility index (Phi) is 5.10. The molecule has 0 bridgehead atoms. The van der Waals surface area contributed by atoms with E-state index in [0.717, 1.165) is 12.2 Å². The Morgan fingerprint density at radius 1 is 1.38 bits per heavy atom. The maximum Gasteiger partial charge on any atom is 0.340 e. The molecule has 0 atom stereocenters. The molecule has 1 aromatic carbocycles. The highest BCUT2D eigenvalue weighted by atomic mass is 16.5. The number of carbonyl (C=O) groups excluding carboxylic acids is 1. The van der Waals surface area contributed by atoms with Gasteiger partial charge in [0.25, 0.3) is 0 Å². The standard InChI is InChI=1S/C17H26N2O2/c1-12(2)11-19(13-7-4-5-8-13)16-14(17(20)21-3)9-6-10-15(16)18/h6,9-10,12-13H,4-5,7-8,11,18H2,1-3H3. The summed E-state index contributed by atoms with van der Waals surface area (Å²) >= 11 is 0. The number of ether oxygens (including phenoxy) is 1. The van der Waals surface area contributed by atoms with Gasteiger partial charge in [0, 0.05) is 12.6 Å². The number of benzene rings is 1. The maximum absolute atomic E-state index is 12.1. The predicted molar refractivity (Wildman–Crippen MR) is 86.6 cm³/mol. The number of methoxy groups -OCH3 is 1. The van der Waals surface area contributed by atoms with Gasteiger partial charge in [-0.05, 0) is 30.9 Å². The minimum absolute atomic E-state index is 0.316. The average molecular weight is 290 g/mol. The molecular weight excluding hydrogens is 264 g/mol. The largest absolute Gasteiger partial charge is 0.465 e. The van der Waals surface area contributed by atoms with E-state index in [1.165, 1.54) is 32.8 Å². The normalized spacial score (nSPS) is 15.4. The summed E-state index contributed by atoms with van der Waals surface area (Å²) in [5, 5.41) is 0. The van der Waals surface area contributed by atoms with E-state index in [0.29, 0.717) is 23.2 Å². The van der Waals surface area contributed by atoms with Gasteiger partial charge in [-0.3, -0.25) is 0 Å². The van der Waals surface area contributed by atoms with Crippen molar-refractivity contribution in [3.8, 4) is 0 Å². The lowest BCUT2D eigenvalue weighted by Gasteiger charge is -2.34. The fourth-order valence-electron chi connectivity index (χ4n) is 3.19. The van der Waals surface area contributed by atoms with Crippen LogP contribution in [0, 0.1) is 5.92 Å².